The van der Waals surface area contributed by atoms with Crippen LogP contribution in [0.4, 0.5) is 14.5 Å². The first-order chi connectivity index (χ1) is 10.5. The number of hydrogen-bond acceptors (Lipinski definition) is 3. The Morgan fingerprint density at radius 1 is 1.00 bits per heavy atom. The van der Waals surface area contributed by atoms with Gasteiger partial charge in [-0.25, -0.2) is 8.78 Å². The summed E-state index contributed by atoms with van der Waals surface area (Å²) in [5.74, 6) is -1.18. The highest BCUT2D eigenvalue weighted by molar-refractivity contribution is 5.39. The van der Waals surface area contributed by atoms with Crippen molar-refractivity contribution in [1.29, 1.82) is 0 Å². The summed E-state index contributed by atoms with van der Waals surface area (Å²) in [7, 11) is 0. The number of nitrogens with two attached hydrogens (primary N) is 1. The normalized spacial score (nSPS) is 12.3. The van der Waals surface area contributed by atoms with Crippen LogP contribution in [-0.2, 0) is 13.0 Å². The van der Waals surface area contributed by atoms with E-state index in [-0.39, 0.29) is 0 Å². The van der Waals surface area contributed by atoms with E-state index in [1.165, 1.54) is 12.1 Å². The molecule has 22 heavy (non-hydrogen) atoms. The zero-order valence-corrected chi connectivity index (χ0v) is 12.2. The number of hydrogen-bond donors (Lipinski definition) is 3. The third-order valence-corrected chi connectivity index (χ3v) is 3.38. The first kappa shape index (κ1) is 16.4. The van der Waals surface area contributed by atoms with Gasteiger partial charge in [0, 0.05) is 24.8 Å². The van der Waals surface area contributed by atoms with Crippen LogP contribution in [0, 0.1) is 11.6 Å². The molecule has 2 aromatic rings. The molecule has 0 spiro atoms. The van der Waals surface area contributed by atoms with Crippen molar-refractivity contribution in [3.63, 3.8) is 0 Å². The van der Waals surface area contributed by atoms with Gasteiger partial charge in [-0.05, 0) is 48.2 Å². The first-order valence-electron chi connectivity index (χ1n) is 7.21. The van der Waals surface area contributed by atoms with Crippen molar-refractivity contribution < 1.29 is 13.9 Å². The summed E-state index contributed by atoms with van der Waals surface area (Å²) in [5, 5.41) is 13.0. The van der Waals surface area contributed by atoms with Crippen molar-refractivity contribution >= 4 is 5.69 Å². The fourth-order valence-electron chi connectivity index (χ4n) is 2.21. The second kappa shape index (κ2) is 7.87. The van der Waals surface area contributed by atoms with Crippen LogP contribution in [0.15, 0.2) is 42.5 Å². The van der Waals surface area contributed by atoms with Gasteiger partial charge in [-0.1, -0.05) is 12.1 Å². The van der Waals surface area contributed by atoms with E-state index in [2.05, 4.69) is 5.32 Å². The van der Waals surface area contributed by atoms with Crippen molar-refractivity contribution in [2.75, 3.05) is 12.3 Å². The van der Waals surface area contributed by atoms with Gasteiger partial charge in [-0.15, -0.1) is 0 Å². The molecule has 1 atom stereocenters. The van der Waals surface area contributed by atoms with Gasteiger partial charge < -0.3 is 16.2 Å². The van der Waals surface area contributed by atoms with Crippen molar-refractivity contribution in [1.82, 2.24) is 5.32 Å². The molecule has 0 heterocycles. The largest absolute Gasteiger partial charge is 0.399 e. The Morgan fingerprint density at radius 3 is 2.27 bits per heavy atom. The molecule has 0 saturated heterocycles. The molecule has 0 fully saturated rings. The number of nitrogen functional groups attached to an aromatic ring is 1. The van der Waals surface area contributed by atoms with Gasteiger partial charge >= 0.3 is 0 Å². The van der Waals surface area contributed by atoms with E-state index in [1.54, 1.807) is 0 Å². The Hall–Kier alpha value is -1.98. The minimum atomic E-state index is -0.592. The van der Waals surface area contributed by atoms with E-state index in [1.807, 2.05) is 24.3 Å². The van der Waals surface area contributed by atoms with E-state index >= 15 is 0 Å². The molecule has 5 heteroatoms. The van der Waals surface area contributed by atoms with E-state index in [0.717, 1.165) is 11.6 Å². The Bertz CT molecular complexity index is 582. The van der Waals surface area contributed by atoms with Crippen LogP contribution in [0.1, 0.15) is 17.5 Å². The van der Waals surface area contributed by atoms with Gasteiger partial charge in [0.15, 0.2) is 0 Å². The zero-order valence-electron chi connectivity index (χ0n) is 12.2. The molecule has 0 saturated carbocycles. The molecule has 4 N–H and O–H groups in total. The molecule has 0 aliphatic carbocycles. The average molecular weight is 306 g/mol. The topological polar surface area (TPSA) is 58.3 Å². The lowest BCUT2D eigenvalue weighted by Crippen LogP contribution is -2.26. The molecule has 0 bridgehead atoms. The molecular formula is C17H20F2N2O. The van der Waals surface area contributed by atoms with Crippen LogP contribution in [0.25, 0.3) is 0 Å². The van der Waals surface area contributed by atoms with Gasteiger partial charge in [0.05, 0.1) is 6.10 Å². The number of halogens is 2. The smallest absolute Gasteiger partial charge is 0.126 e. The Labute approximate surface area is 128 Å². The highest BCUT2D eigenvalue weighted by Gasteiger charge is 2.06. The molecule has 2 rings (SSSR count). The maximum Gasteiger partial charge on any atom is 0.126 e. The number of aliphatic hydroxyl groups is 1. The van der Waals surface area contributed by atoms with Gasteiger partial charge in [-0.2, -0.15) is 0 Å². The van der Waals surface area contributed by atoms with Crippen LogP contribution < -0.4 is 11.1 Å². The number of benzene rings is 2. The fraction of sp³-hybridized carbons (Fsp3) is 0.294. The second-order valence-electron chi connectivity index (χ2n) is 5.34. The summed E-state index contributed by atoms with van der Waals surface area (Å²) >= 11 is 0. The Morgan fingerprint density at radius 2 is 1.64 bits per heavy atom. The average Bonchev–Trinajstić information content (AvgIpc) is 2.46. The van der Waals surface area contributed by atoms with Gasteiger partial charge in [0.25, 0.3) is 0 Å². The number of aliphatic hydroxyl groups excluding tert-OH is 1. The number of aryl methyl sites for hydroxylation is 1. The molecule has 2 aromatic carbocycles. The molecule has 118 valence electrons. The van der Waals surface area contributed by atoms with E-state index in [0.29, 0.717) is 37.2 Å². The third-order valence-electron chi connectivity index (χ3n) is 3.38. The van der Waals surface area contributed by atoms with Crippen LogP contribution in [0.3, 0.4) is 0 Å². The van der Waals surface area contributed by atoms with Gasteiger partial charge in [0.1, 0.15) is 11.6 Å². The summed E-state index contributed by atoms with van der Waals surface area (Å²) in [5.41, 5.74) is 7.95. The van der Waals surface area contributed by atoms with E-state index < -0.39 is 17.7 Å². The van der Waals surface area contributed by atoms with Gasteiger partial charge in [0.2, 0.25) is 0 Å². The molecule has 1 unspecified atom stereocenters. The summed E-state index contributed by atoms with van der Waals surface area (Å²) < 4.78 is 26.1. The minimum absolute atomic E-state index is 0.419. The standard InChI is InChI=1S/C17H20F2N2O/c18-14-7-13(8-15(19)9-14)3-6-17(22)11-21-10-12-1-4-16(20)5-2-12/h1-2,4-5,7-9,17,21-22H,3,6,10-11,20H2. The molecule has 0 aliphatic heterocycles. The van der Waals surface area contributed by atoms with Crippen LogP contribution in [0.2, 0.25) is 0 Å². The first-order valence-corrected chi connectivity index (χ1v) is 7.21. The van der Waals surface area contributed by atoms with E-state index in [4.69, 9.17) is 5.73 Å². The SMILES string of the molecule is Nc1ccc(CNCC(O)CCc2cc(F)cc(F)c2)cc1. The second-order valence-corrected chi connectivity index (χ2v) is 5.34. The number of rotatable bonds is 7. The summed E-state index contributed by atoms with van der Waals surface area (Å²) in [6.07, 6.45) is 0.303. The van der Waals surface area contributed by atoms with Crippen LogP contribution in [-0.4, -0.2) is 17.8 Å². The fourth-order valence-corrected chi connectivity index (χ4v) is 2.21. The summed E-state index contributed by atoms with van der Waals surface area (Å²) in [6, 6.07) is 10.9. The highest BCUT2D eigenvalue weighted by atomic mass is 19.1. The van der Waals surface area contributed by atoms with Crippen LogP contribution >= 0.6 is 0 Å². The lowest BCUT2D eigenvalue weighted by atomic mass is 10.1. The number of nitrogens with one attached hydrogen (secondary N) is 1. The van der Waals surface area contributed by atoms with Gasteiger partial charge in [-0.3, -0.25) is 0 Å². The lowest BCUT2D eigenvalue weighted by molar-refractivity contribution is 0.161. The minimum Gasteiger partial charge on any atom is -0.399 e. The molecular weight excluding hydrogens is 286 g/mol. The highest BCUT2D eigenvalue weighted by Crippen LogP contribution is 2.11. The zero-order chi connectivity index (χ0) is 15.9. The monoisotopic (exact) mass is 306 g/mol. The lowest BCUT2D eigenvalue weighted by Gasteiger charge is -2.12. The molecule has 0 aliphatic rings. The maximum atomic E-state index is 13.0. The molecule has 0 radical (unpaired) electrons. The molecule has 0 amide bonds. The van der Waals surface area contributed by atoms with E-state index in [9.17, 15) is 13.9 Å². The predicted molar refractivity (Wildman–Crippen MR) is 83.2 cm³/mol. The summed E-state index contributed by atoms with van der Waals surface area (Å²) in [4.78, 5) is 0. The maximum absolute atomic E-state index is 13.0. The quantitative estimate of drug-likeness (QED) is 0.689. The molecule has 0 aromatic heterocycles. The number of anilines is 1. The van der Waals surface area contributed by atoms with Crippen LogP contribution in [0.5, 0.6) is 0 Å². The van der Waals surface area contributed by atoms with Crippen molar-refractivity contribution in [2.24, 2.45) is 0 Å². The van der Waals surface area contributed by atoms with Crippen molar-refractivity contribution in [3.05, 3.63) is 65.2 Å². The van der Waals surface area contributed by atoms with Crippen molar-refractivity contribution in [2.45, 2.75) is 25.5 Å². The van der Waals surface area contributed by atoms with Crippen molar-refractivity contribution in [3.8, 4) is 0 Å². The Balaban J connectivity index is 1.71. The predicted octanol–water partition coefficient (Wildman–Crippen LogP) is 2.63. The third kappa shape index (κ3) is 5.42. The Kier molecular flexibility index (Phi) is 5.86. The summed E-state index contributed by atoms with van der Waals surface area (Å²) in [6.45, 7) is 1.05. The molecule has 3 nitrogen and oxygen atoms in total.